The van der Waals surface area contributed by atoms with Crippen LogP contribution in [0.2, 0.25) is 0 Å². The van der Waals surface area contributed by atoms with Crippen molar-refractivity contribution in [1.82, 2.24) is 9.97 Å². The Hall–Kier alpha value is -2.16. The molecular formula is C15H14F3N3O2S. The fourth-order valence-corrected chi connectivity index (χ4v) is 3.32. The van der Waals surface area contributed by atoms with E-state index < -0.39 is 23.8 Å². The maximum Gasteiger partial charge on any atom is 0.433 e. The summed E-state index contributed by atoms with van der Waals surface area (Å²) in [6.07, 6.45) is -3.51. The van der Waals surface area contributed by atoms with E-state index in [0.29, 0.717) is 24.3 Å². The third kappa shape index (κ3) is 3.50. The number of aliphatic carboxylic acids is 1. The van der Waals surface area contributed by atoms with Crippen LogP contribution >= 0.6 is 11.3 Å². The molecule has 24 heavy (non-hydrogen) atoms. The number of carboxylic acid groups (broad SMARTS) is 1. The van der Waals surface area contributed by atoms with Crippen LogP contribution < -0.4 is 4.90 Å². The van der Waals surface area contributed by atoms with Gasteiger partial charge in [-0.15, -0.1) is 11.3 Å². The lowest BCUT2D eigenvalue weighted by atomic mass is 9.99. The highest BCUT2D eigenvalue weighted by Crippen LogP contribution is 2.33. The summed E-state index contributed by atoms with van der Waals surface area (Å²) in [5, 5.41) is 10.9. The minimum absolute atomic E-state index is 0.0702. The van der Waals surface area contributed by atoms with E-state index in [1.165, 1.54) is 16.2 Å². The maximum atomic E-state index is 13.2. The lowest BCUT2D eigenvalue weighted by Gasteiger charge is -2.31. The molecule has 5 nitrogen and oxygen atoms in total. The van der Waals surface area contributed by atoms with Crippen molar-refractivity contribution in [3.63, 3.8) is 0 Å². The first-order valence-corrected chi connectivity index (χ1v) is 8.20. The van der Waals surface area contributed by atoms with E-state index in [-0.39, 0.29) is 18.2 Å². The second-order valence-corrected chi connectivity index (χ2v) is 6.48. The standard InChI is InChI=1S/C15H14F3N3O2S/c16-15(17,18)12-7-10(11-4-2-6-24-11)19-14(20-12)21-5-1-3-9(8-21)13(22)23/h2,4,6-7,9H,1,3,5,8H2,(H,22,23). The number of halogens is 3. The number of carboxylic acids is 1. The van der Waals surface area contributed by atoms with Gasteiger partial charge in [-0.3, -0.25) is 4.79 Å². The van der Waals surface area contributed by atoms with Crippen molar-refractivity contribution in [3.05, 3.63) is 29.3 Å². The Labute approximate surface area is 139 Å². The normalized spacial score (nSPS) is 18.6. The van der Waals surface area contributed by atoms with Crippen LogP contribution in [0.5, 0.6) is 0 Å². The lowest BCUT2D eigenvalue weighted by Crippen LogP contribution is -2.39. The first-order valence-electron chi connectivity index (χ1n) is 7.32. The summed E-state index contributed by atoms with van der Waals surface area (Å²) in [5.74, 6) is -1.65. The van der Waals surface area contributed by atoms with E-state index in [0.717, 1.165) is 6.07 Å². The number of carbonyl (C=O) groups is 1. The highest BCUT2D eigenvalue weighted by atomic mass is 32.1. The Morgan fingerprint density at radius 1 is 1.38 bits per heavy atom. The molecular weight excluding hydrogens is 343 g/mol. The minimum Gasteiger partial charge on any atom is -0.481 e. The molecule has 1 saturated heterocycles. The molecule has 3 heterocycles. The SMILES string of the molecule is O=C(O)C1CCCN(c2nc(-c3cccs3)cc(C(F)(F)F)n2)C1. The van der Waals surface area contributed by atoms with Crippen LogP contribution in [-0.2, 0) is 11.0 Å². The van der Waals surface area contributed by atoms with Gasteiger partial charge in [-0.1, -0.05) is 6.07 Å². The Kier molecular flexibility index (Phi) is 4.44. The Morgan fingerprint density at radius 2 is 2.17 bits per heavy atom. The largest absolute Gasteiger partial charge is 0.481 e. The number of anilines is 1. The second-order valence-electron chi connectivity index (χ2n) is 5.54. The Morgan fingerprint density at radius 3 is 2.79 bits per heavy atom. The Balaban J connectivity index is 2.00. The molecule has 2 aromatic heterocycles. The van der Waals surface area contributed by atoms with Crippen molar-refractivity contribution in [2.45, 2.75) is 19.0 Å². The zero-order valence-corrected chi connectivity index (χ0v) is 13.3. The van der Waals surface area contributed by atoms with Crippen LogP contribution in [-0.4, -0.2) is 34.1 Å². The number of hydrogen-bond donors (Lipinski definition) is 1. The third-order valence-electron chi connectivity index (χ3n) is 3.83. The zero-order valence-electron chi connectivity index (χ0n) is 12.5. The molecule has 2 aromatic rings. The quantitative estimate of drug-likeness (QED) is 0.910. The van der Waals surface area contributed by atoms with E-state index in [9.17, 15) is 18.0 Å². The average molecular weight is 357 g/mol. The molecule has 0 aliphatic carbocycles. The van der Waals surface area contributed by atoms with Gasteiger partial charge in [0.25, 0.3) is 0 Å². The summed E-state index contributed by atoms with van der Waals surface area (Å²) in [6.45, 7) is 0.551. The average Bonchev–Trinajstić information content (AvgIpc) is 3.08. The Bertz CT molecular complexity index is 734. The zero-order chi connectivity index (χ0) is 17.3. The van der Waals surface area contributed by atoms with Gasteiger partial charge in [-0.25, -0.2) is 9.97 Å². The molecule has 0 saturated carbocycles. The van der Waals surface area contributed by atoms with E-state index >= 15 is 0 Å². The van der Waals surface area contributed by atoms with Crippen molar-refractivity contribution < 1.29 is 23.1 Å². The van der Waals surface area contributed by atoms with Crippen LogP contribution in [0.1, 0.15) is 18.5 Å². The van der Waals surface area contributed by atoms with Gasteiger partial charge in [0.1, 0.15) is 0 Å². The number of aromatic nitrogens is 2. The summed E-state index contributed by atoms with van der Waals surface area (Å²) in [4.78, 5) is 21.2. The summed E-state index contributed by atoms with van der Waals surface area (Å²) >= 11 is 1.29. The molecule has 1 unspecified atom stereocenters. The molecule has 3 rings (SSSR count). The molecule has 1 aliphatic rings. The van der Waals surface area contributed by atoms with Crippen molar-refractivity contribution in [2.75, 3.05) is 18.0 Å². The predicted molar refractivity (Wildman–Crippen MR) is 82.9 cm³/mol. The van der Waals surface area contributed by atoms with Crippen LogP contribution in [0.15, 0.2) is 23.6 Å². The van der Waals surface area contributed by atoms with Crippen LogP contribution in [0, 0.1) is 5.92 Å². The predicted octanol–water partition coefficient (Wildman–Crippen LogP) is 3.52. The number of piperidine rings is 1. The molecule has 1 atom stereocenters. The summed E-state index contributed by atoms with van der Waals surface area (Å²) in [6, 6.07) is 4.34. The van der Waals surface area contributed by atoms with Gasteiger partial charge >= 0.3 is 12.1 Å². The highest BCUT2D eigenvalue weighted by Gasteiger charge is 2.35. The maximum absolute atomic E-state index is 13.2. The van der Waals surface area contributed by atoms with Gasteiger partial charge < -0.3 is 10.0 Å². The van der Waals surface area contributed by atoms with Gasteiger partial charge in [0.15, 0.2) is 5.69 Å². The van der Waals surface area contributed by atoms with Crippen molar-refractivity contribution in [3.8, 4) is 10.6 Å². The molecule has 1 fully saturated rings. The van der Waals surface area contributed by atoms with Crippen LogP contribution in [0.4, 0.5) is 19.1 Å². The smallest absolute Gasteiger partial charge is 0.433 e. The lowest BCUT2D eigenvalue weighted by molar-refractivity contribution is -0.142. The third-order valence-corrected chi connectivity index (χ3v) is 4.72. The fourth-order valence-electron chi connectivity index (χ4n) is 2.63. The molecule has 0 spiro atoms. The van der Waals surface area contributed by atoms with Gasteiger partial charge in [0.2, 0.25) is 5.95 Å². The monoisotopic (exact) mass is 357 g/mol. The van der Waals surface area contributed by atoms with Crippen LogP contribution in [0.25, 0.3) is 10.6 Å². The van der Waals surface area contributed by atoms with Gasteiger partial charge in [-0.05, 0) is 30.4 Å². The van der Waals surface area contributed by atoms with Gasteiger partial charge in [0.05, 0.1) is 16.5 Å². The van der Waals surface area contributed by atoms with E-state index in [1.807, 2.05) is 0 Å². The fraction of sp³-hybridized carbons (Fsp3) is 0.400. The number of thiophene rings is 1. The van der Waals surface area contributed by atoms with Crippen molar-refractivity contribution in [1.29, 1.82) is 0 Å². The summed E-state index contributed by atoms with van der Waals surface area (Å²) in [5.41, 5.74) is -0.826. The molecule has 0 bridgehead atoms. The van der Waals surface area contributed by atoms with E-state index in [2.05, 4.69) is 9.97 Å². The van der Waals surface area contributed by atoms with E-state index in [4.69, 9.17) is 5.11 Å². The highest BCUT2D eigenvalue weighted by molar-refractivity contribution is 7.13. The topological polar surface area (TPSA) is 66.3 Å². The molecule has 128 valence electrons. The van der Waals surface area contributed by atoms with E-state index in [1.54, 1.807) is 17.5 Å². The molecule has 0 amide bonds. The first-order chi connectivity index (χ1) is 11.3. The number of rotatable bonds is 3. The molecule has 1 aliphatic heterocycles. The minimum atomic E-state index is -4.59. The second kappa shape index (κ2) is 6.39. The molecule has 0 radical (unpaired) electrons. The summed E-state index contributed by atoms with van der Waals surface area (Å²) in [7, 11) is 0. The molecule has 9 heteroatoms. The van der Waals surface area contributed by atoms with Gasteiger partial charge in [-0.2, -0.15) is 13.2 Å². The molecule has 0 aromatic carbocycles. The van der Waals surface area contributed by atoms with Gasteiger partial charge in [0, 0.05) is 13.1 Å². The van der Waals surface area contributed by atoms with Crippen molar-refractivity contribution in [2.24, 2.45) is 5.92 Å². The number of hydrogen-bond acceptors (Lipinski definition) is 5. The number of nitrogens with zero attached hydrogens (tertiary/aromatic N) is 3. The molecule has 1 N–H and O–H groups in total. The van der Waals surface area contributed by atoms with Crippen LogP contribution in [0.3, 0.4) is 0 Å². The number of alkyl halides is 3. The first kappa shape index (κ1) is 16.7. The van der Waals surface area contributed by atoms with Crippen molar-refractivity contribution >= 4 is 23.3 Å². The summed E-state index contributed by atoms with van der Waals surface area (Å²) < 4.78 is 39.5.